The summed E-state index contributed by atoms with van der Waals surface area (Å²) in [5, 5.41) is 15.3. The minimum Gasteiger partial charge on any atom is -0.395 e. The van der Waals surface area contributed by atoms with Crippen molar-refractivity contribution in [3.8, 4) is 0 Å². The lowest BCUT2D eigenvalue weighted by Gasteiger charge is -2.40. The average molecular weight is 391 g/mol. The maximum atomic E-state index is 13.2. The van der Waals surface area contributed by atoms with Gasteiger partial charge in [-0.15, -0.1) is 0 Å². The van der Waals surface area contributed by atoms with Gasteiger partial charge < -0.3 is 20.6 Å². The number of carbonyl (C=O) groups is 1. The van der Waals surface area contributed by atoms with E-state index in [0.717, 1.165) is 0 Å². The Kier molecular flexibility index (Phi) is 4.58. The van der Waals surface area contributed by atoms with Crippen LogP contribution in [0.2, 0.25) is 5.02 Å². The number of piperidine rings is 1. The van der Waals surface area contributed by atoms with E-state index < -0.39 is 5.66 Å². The zero-order valence-corrected chi connectivity index (χ0v) is 15.2. The number of pyridine rings is 1. The molecule has 4 rings (SSSR count). The number of anilines is 2. The van der Waals surface area contributed by atoms with Gasteiger partial charge in [0.25, 0.3) is 11.5 Å². The lowest BCUT2D eigenvalue weighted by atomic mass is 9.97. The minimum atomic E-state index is -0.803. The molecule has 0 aromatic carbocycles. The van der Waals surface area contributed by atoms with Gasteiger partial charge in [-0.25, -0.2) is 9.97 Å². The minimum absolute atomic E-state index is 0.0781. The van der Waals surface area contributed by atoms with Gasteiger partial charge in [0.1, 0.15) is 29.2 Å². The van der Waals surface area contributed by atoms with E-state index in [-0.39, 0.29) is 34.5 Å². The van der Waals surface area contributed by atoms with Crippen LogP contribution in [0.5, 0.6) is 0 Å². The zero-order chi connectivity index (χ0) is 19.0. The number of hydrogen-bond donors (Lipinski definition) is 3. The number of β-amino-alcohol motifs (C(OH)–C–C–N with tert-alkyl or cyclic N) is 1. The van der Waals surface area contributed by atoms with Crippen LogP contribution in [-0.4, -0.2) is 56.7 Å². The molecule has 4 heterocycles. The second-order valence-electron chi connectivity index (χ2n) is 6.67. The highest BCUT2D eigenvalue weighted by Crippen LogP contribution is 2.35. The van der Waals surface area contributed by atoms with Crippen LogP contribution >= 0.6 is 11.6 Å². The van der Waals surface area contributed by atoms with Crippen LogP contribution < -0.4 is 16.2 Å². The molecule has 1 amide bonds. The Balaban J connectivity index is 1.74. The van der Waals surface area contributed by atoms with Crippen molar-refractivity contribution in [2.45, 2.75) is 18.5 Å². The van der Waals surface area contributed by atoms with Gasteiger partial charge in [-0.2, -0.15) is 0 Å². The molecule has 142 valence electrons. The molecular formula is C17H19ClN6O3. The highest BCUT2D eigenvalue weighted by molar-refractivity contribution is 6.34. The molecule has 0 unspecified atom stereocenters. The number of halogens is 1. The van der Waals surface area contributed by atoms with Crippen LogP contribution in [-0.2, 0) is 5.66 Å². The average Bonchev–Trinajstić information content (AvgIpc) is 2.95. The second-order valence-corrected chi connectivity index (χ2v) is 7.07. The van der Waals surface area contributed by atoms with E-state index in [1.807, 2.05) is 0 Å². The first-order valence-electron chi connectivity index (χ1n) is 8.69. The second kappa shape index (κ2) is 6.91. The number of aliphatic hydroxyl groups excluding tert-OH is 1. The van der Waals surface area contributed by atoms with Crippen molar-refractivity contribution in [2.75, 3.05) is 31.6 Å². The number of aliphatic hydroxyl groups is 1. The van der Waals surface area contributed by atoms with Crippen LogP contribution in [0.25, 0.3) is 0 Å². The number of nitrogens with zero attached hydrogens (tertiary/aromatic N) is 4. The number of rotatable bonds is 4. The van der Waals surface area contributed by atoms with E-state index >= 15 is 0 Å². The van der Waals surface area contributed by atoms with E-state index in [1.165, 1.54) is 17.0 Å². The summed E-state index contributed by atoms with van der Waals surface area (Å²) >= 11 is 6.35. The first kappa shape index (κ1) is 17.9. The third kappa shape index (κ3) is 3.07. The van der Waals surface area contributed by atoms with Crippen molar-refractivity contribution >= 4 is 29.0 Å². The third-order valence-corrected chi connectivity index (χ3v) is 5.38. The van der Waals surface area contributed by atoms with Crippen LogP contribution in [0.3, 0.4) is 0 Å². The number of carbonyl (C=O) groups excluding carboxylic acids is 1. The maximum Gasteiger partial charge on any atom is 0.276 e. The van der Waals surface area contributed by atoms with Crippen molar-refractivity contribution in [3.05, 3.63) is 45.7 Å². The van der Waals surface area contributed by atoms with E-state index in [0.29, 0.717) is 38.3 Å². The Morgan fingerprint density at radius 2 is 2.11 bits per heavy atom. The molecule has 2 aromatic rings. The van der Waals surface area contributed by atoms with Crippen molar-refractivity contribution in [3.63, 3.8) is 0 Å². The van der Waals surface area contributed by atoms with Gasteiger partial charge in [0, 0.05) is 38.7 Å². The lowest BCUT2D eigenvalue weighted by Crippen LogP contribution is -2.54. The van der Waals surface area contributed by atoms with Crippen molar-refractivity contribution in [1.29, 1.82) is 0 Å². The Morgan fingerprint density at radius 3 is 2.78 bits per heavy atom. The summed E-state index contributed by atoms with van der Waals surface area (Å²) in [6, 6.07) is 3.09. The molecule has 0 bridgehead atoms. The molecule has 0 saturated carbocycles. The molecule has 9 nitrogen and oxygen atoms in total. The smallest absolute Gasteiger partial charge is 0.276 e. The summed E-state index contributed by atoms with van der Waals surface area (Å²) in [5.74, 6) is 0.115. The van der Waals surface area contributed by atoms with Crippen molar-refractivity contribution in [1.82, 2.24) is 24.8 Å². The number of likely N-dealkylation sites (tertiary alicyclic amines) is 1. The molecular weight excluding hydrogens is 372 g/mol. The van der Waals surface area contributed by atoms with Gasteiger partial charge in [-0.05, 0) is 12.1 Å². The van der Waals surface area contributed by atoms with Gasteiger partial charge in [-0.1, -0.05) is 11.6 Å². The summed E-state index contributed by atoms with van der Waals surface area (Å²) in [4.78, 5) is 35.7. The van der Waals surface area contributed by atoms with Crippen LogP contribution in [0, 0.1) is 0 Å². The van der Waals surface area contributed by atoms with Crippen molar-refractivity contribution < 1.29 is 9.90 Å². The molecule has 27 heavy (non-hydrogen) atoms. The summed E-state index contributed by atoms with van der Waals surface area (Å²) in [5.41, 5.74) is -0.703. The number of hydrogen-bond acceptors (Lipinski definition) is 7. The number of fused-ring (bicyclic) bond motifs is 2. The normalized spacial score (nSPS) is 18.4. The molecule has 0 aliphatic carbocycles. The largest absolute Gasteiger partial charge is 0.395 e. The quantitative estimate of drug-likeness (QED) is 0.697. The van der Waals surface area contributed by atoms with Crippen LogP contribution in [0.15, 0.2) is 29.5 Å². The molecule has 0 atom stereocenters. The van der Waals surface area contributed by atoms with E-state index in [1.54, 1.807) is 12.3 Å². The summed E-state index contributed by atoms with van der Waals surface area (Å²) in [7, 11) is 0. The fraction of sp³-hybridized carbons (Fsp3) is 0.412. The Bertz CT molecular complexity index is 924. The maximum absolute atomic E-state index is 13.2. The van der Waals surface area contributed by atoms with Gasteiger partial charge >= 0.3 is 0 Å². The molecule has 2 aromatic heterocycles. The summed E-state index contributed by atoms with van der Waals surface area (Å²) in [6.45, 7) is 1.97. The van der Waals surface area contributed by atoms with E-state index in [9.17, 15) is 9.59 Å². The van der Waals surface area contributed by atoms with Crippen LogP contribution in [0.4, 0.5) is 11.5 Å². The number of aromatic nitrogens is 3. The van der Waals surface area contributed by atoms with E-state index in [2.05, 4.69) is 25.5 Å². The predicted octanol–water partition coefficient (Wildman–Crippen LogP) is 0.520. The van der Waals surface area contributed by atoms with Crippen molar-refractivity contribution in [2.24, 2.45) is 0 Å². The first-order valence-corrected chi connectivity index (χ1v) is 9.07. The topological polar surface area (TPSA) is 112 Å². The third-order valence-electron chi connectivity index (χ3n) is 5.09. The molecule has 1 fully saturated rings. The fourth-order valence-electron chi connectivity index (χ4n) is 3.76. The number of nitrogens with one attached hydrogen (secondary N) is 2. The Hall–Kier alpha value is -2.49. The molecule has 1 saturated heterocycles. The highest BCUT2D eigenvalue weighted by atomic mass is 35.5. The monoisotopic (exact) mass is 390 g/mol. The zero-order valence-electron chi connectivity index (χ0n) is 14.5. The predicted molar refractivity (Wildman–Crippen MR) is 99.2 cm³/mol. The SMILES string of the molecule is O=C1NC2(CCN(CCO)CC2)n2c1c(Cl)cc(Nc1ccncn1)c2=O. The molecule has 2 aliphatic heterocycles. The fourth-order valence-corrected chi connectivity index (χ4v) is 4.04. The van der Waals surface area contributed by atoms with Gasteiger partial charge in [0.2, 0.25) is 0 Å². The van der Waals surface area contributed by atoms with Gasteiger partial charge in [0.15, 0.2) is 0 Å². The first-order chi connectivity index (χ1) is 13.0. The summed E-state index contributed by atoms with van der Waals surface area (Å²) < 4.78 is 1.48. The molecule has 10 heteroatoms. The van der Waals surface area contributed by atoms with Gasteiger partial charge in [0.05, 0.1) is 11.6 Å². The van der Waals surface area contributed by atoms with E-state index in [4.69, 9.17) is 16.7 Å². The summed E-state index contributed by atoms with van der Waals surface area (Å²) in [6.07, 6.45) is 4.04. The van der Waals surface area contributed by atoms with Gasteiger partial charge in [-0.3, -0.25) is 14.2 Å². The highest BCUT2D eigenvalue weighted by Gasteiger charge is 2.46. The lowest BCUT2D eigenvalue weighted by molar-refractivity contribution is 0.0692. The Labute approximate surface area is 160 Å². The molecule has 2 aliphatic rings. The number of amides is 1. The standard InChI is InChI=1S/C17H19ClN6O3/c18-11-9-12(21-13-1-4-19-10-20-13)16(27)24-14(11)15(26)22-17(24)2-5-23(6-3-17)7-8-25/h1,4,9-10,25H,2-3,5-8H2,(H,22,26)(H,19,20,21). The Morgan fingerprint density at radius 1 is 1.33 bits per heavy atom. The molecule has 3 N–H and O–H groups in total. The molecule has 0 radical (unpaired) electrons. The molecule has 1 spiro atoms. The van der Waals surface area contributed by atoms with Crippen LogP contribution in [0.1, 0.15) is 23.3 Å².